The molecule has 0 bridgehead atoms. The molecular formula is C18H20N6O2. The lowest BCUT2D eigenvalue weighted by Crippen LogP contribution is -2.43. The Morgan fingerprint density at radius 3 is 2.81 bits per heavy atom. The van der Waals surface area contributed by atoms with E-state index in [1.165, 1.54) is 0 Å². The van der Waals surface area contributed by atoms with Crippen LogP contribution in [0.4, 0.5) is 0 Å². The van der Waals surface area contributed by atoms with E-state index in [1.54, 1.807) is 51.8 Å². The minimum absolute atomic E-state index is 0.00784. The average Bonchev–Trinajstić information content (AvgIpc) is 3.22. The molecule has 3 aromatic rings. The van der Waals surface area contributed by atoms with Crippen molar-refractivity contribution < 1.29 is 9.59 Å². The summed E-state index contributed by atoms with van der Waals surface area (Å²) < 4.78 is 3.44. The quantitative estimate of drug-likeness (QED) is 0.667. The number of aromatic nitrogens is 5. The topological polar surface area (TPSA) is 85.4 Å². The molecule has 4 rings (SSSR count). The summed E-state index contributed by atoms with van der Waals surface area (Å²) >= 11 is 0. The zero-order valence-corrected chi connectivity index (χ0v) is 14.8. The van der Waals surface area contributed by atoms with E-state index in [1.807, 2.05) is 6.92 Å². The van der Waals surface area contributed by atoms with Crippen LogP contribution < -0.4 is 0 Å². The number of likely N-dealkylation sites (tertiary alicyclic amines) is 1. The highest BCUT2D eigenvalue weighted by molar-refractivity contribution is 5.97. The van der Waals surface area contributed by atoms with Crippen molar-refractivity contribution in [2.24, 2.45) is 13.0 Å². The Bertz CT molecular complexity index is 989. The number of ketones is 1. The van der Waals surface area contributed by atoms with Gasteiger partial charge in [0.25, 0.3) is 5.91 Å². The molecule has 8 heteroatoms. The van der Waals surface area contributed by atoms with Gasteiger partial charge in [-0.25, -0.2) is 15.0 Å². The van der Waals surface area contributed by atoms with Gasteiger partial charge in [0.15, 0.2) is 5.82 Å². The third-order valence-electron chi connectivity index (χ3n) is 4.90. The van der Waals surface area contributed by atoms with Crippen LogP contribution in [0.1, 0.15) is 39.6 Å². The Balaban J connectivity index is 1.59. The Hall–Kier alpha value is -3.03. The number of imidazole rings is 2. The van der Waals surface area contributed by atoms with Gasteiger partial charge in [0.05, 0.1) is 5.69 Å². The SMILES string of the molecule is Cc1nc2ncccn2c1C(=O)N1CCC[C@H](C(=O)c2nccn2C)C1. The number of carbonyl (C=O) groups is 2. The lowest BCUT2D eigenvalue weighted by atomic mass is 9.93. The lowest BCUT2D eigenvalue weighted by molar-refractivity contribution is 0.0626. The largest absolute Gasteiger partial charge is 0.337 e. The van der Waals surface area contributed by atoms with Crippen molar-refractivity contribution in [1.29, 1.82) is 0 Å². The fourth-order valence-corrected chi connectivity index (χ4v) is 3.57. The van der Waals surface area contributed by atoms with Gasteiger partial charge in [-0.3, -0.25) is 14.0 Å². The molecule has 134 valence electrons. The number of nitrogens with zero attached hydrogens (tertiary/aromatic N) is 6. The second-order valence-corrected chi connectivity index (χ2v) is 6.65. The summed E-state index contributed by atoms with van der Waals surface area (Å²) in [6, 6.07) is 1.77. The number of aryl methyl sites for hydroxylation is 2. The number of carbonyl (C=O) groups excluding carboxylic acids is 2. The second kappa shape index (κ2) is 6.36. The summed E-state index contributed by atoms with van der Waals surface area (Å²) in [4.78, 5) is 40.3. The molecule has 0 N–H and O–H groups in total. The molecular weight excluding hydrogens is 332 g/mol. The summed E-state index contributed by atoms with van der Waals surface area (Å²) in [5, 5.41) is 0. The van der Waals surface area contributed by atoms with Crippen molar-refractivity contribution in [3.8, 4) is 0 Å². The molecule has 0 saturated carbocycles. The highest BCUT2D eigenvalue weighted by Crippen LogP contribution is 2.23. The maximum absolute atomic E-state index is 13.1. The Labute approximate surface area is 150 Å². The van der Waals surface area contributed by atoms with Gasteiger partial charge in [0.2, 0.25) is 11.6 Å². The van der Waals surface area contributed by atoms with Gasteiger partial charge in [0, 0.05) is 50.8 Å². The molecule has 8 nitrogen and oxygen atoms in total. The molecule has 1 fully saturated rings. The van der Waals surface area contributed by atoms with Gasteiger partial charge in [-0.15, -0.1) is 0 Å². The Kier molecular flexibility index (Phi) is 4.02. The minimum atomic E-state index is -0.230. The maximum Gasteiger partial charge on any atom is 0.272 e. The van der Waals surface area contributed by atoms with Crippen molar-refractivity contribution in [2.75, 3.05) is 13.1 Å². The molecule has 0 radical (unpaired) electrons. The van der Waals surface area contributed by atoms with E-state index in [9.17, 15) is 9.59 Å². The van der Waals surface area contributed by atoms with E-state index < -0.39 is 0 Å². The molecule has 3 aromatic heterocycles. The van der Waals surface area contributed by atoms with E-state index in [-0.39, 0.29) is 17.6 Å². The first kappa shape index (κ1) is 16.4. The van der Waals surface area contributed by atoms with E-state index in [4.69, 9.17) is 0 Å². The lowest BCUT2D eigenvalue weighted by Gasteiger charge is -2.31. The predicted molar refractivity (Wildman–Crippen MR) is 93.9 cm³/mol. The molecule has 1 aliphatic rings. The van der Waals surface area contributed by atoms with Gasteiger partial charge < -0.3 is 9.47 Å². The van der Waals surface area contributed by atoms with Crippen LogP contribution in [-0.2, 0) is 7.05 Å². The third kappa shape index (κ3) is 2.67. The number of piperidine rings is 1. The Morgan fingerprint density at radius 2 is 2.04 bits per heavy atom. The highest BCUT2D eigenvalue weighted by atomic mass is 16.2. The van der Waals surface area contributed by atoms with Gasteiger partial charge in [-0.05, 0) is 25.8 Å². The molecule has 0 aliphatic carbocycles. The number of fused-ring (bicyclic) bond motifs is 1. The van der Waals surface area contributed by atoms with E-state index in [0.717, 1.165) is 12.8 Å². The normalized spacial score (nSPS) is 17.6. The number of amides is 1. The zero-order chi connectivity index (χ0) is 18.3. The van der Waals surface area contributed by atoms with Crippen LogP contribution in [0.5, 0.6) is 0 Å². The summed E-state index contributed by atoms with van der Waals surface area (Å²) in [7, 11) is 1.81. The van der Waals surface area contributed by atoms with Crippen LogP contribution in [-0.4, -0.2) is 53.6 Å². The van der Waals surface area contributed by atoms with Crippen LogP contribution in [0.3, 0.4) is 0 Å². The van der Waals surface area contributed by atoms with E-state index in [0.29, 0.717) is 36.1 Å². The summed E-state index contributed by atoms with van der Waals surface area (Å²) in [6.45, 7) is 2.84. The van der Waals surface area contributed by atoms with Crippen LogP contribution in [0, 0.1) is 12.8 Å². The molecule has 26 heavy (non-hydrogen) atoms. The number of hydrogen-bond acceptors (Lipinski definition) is 5. The first-order valence-corrected chi connectivity index (χ1v) is 8.66. The smallest absolute Gasteiger partial charge is 0.272 e. The van der Waals surface area contributed by atoms with E-state index in [2.05, 4.69) is 15.0 Å². The van der Waals surface area contributed by atoms with Gasteiger partial charge in [0.1, 0.15) is 5.69 Å². The maximum atomic E-state index is 13.1. The first-order valence-electron chi connectivity index (χ1n) is 8.66. The third-order valence-corrected chi connectivity index (χ3v) is 4.90. The highest BCUT2D eigenvalue weighted by Gasteiger charge is 2.32. The molecule has 1 amide bonds. The second-order valence-electron chi connectivity index (χ2n) is 6.65. The van der Waals surface area contributed by atoms with Crippen molar-refractivity contribution in [3.05, 3.63) is 48.1 Å². The van der Waals surface area contributed by atoms with Crippen LogP contribution in [0.2, 0.25) is 0 Å². The molecule has 1 atom stereocenters. The van der Waals surface area contributed by atoms with E-state index >= 15 is 0 Å². The fraction of sp³-hybridized carbons (Fsp3) is 0.389. The predicted octanol–water partition coefficient (Wildman–Crippen LogP) is 1.51. The summed E-state index contributed by atoms with van der Waals surface area (Å²) in [5.41, 5.74) is 1.16. The molecule has 4 heterocycles. The minimum Gasteiger partial charge on any atom is -0.337 e. The summed E-state index contributed by atoms with van der Waals surface area (Å²) in [5.74, 6) is 0.601. The number of rotatable bonds is 3. The van der Waals surface area contributed by atoms with Gasteiger partial charge in [-0.2, -0.15) is 0 Å². The average molecular weight is 352 g/mol. The summed E-state index contributed by atoms with van der Waals surface area (Å²) in [6.07, 6.45) is 8.37. The molecule has 1 aliphatic heterocycles. The monoisotopic (exact) mass is 352 g/mol. The number of Topliss-reactive ketones (excluding diaryl/α,β-unsaturated/α-hetero) is 1. The first-order chi connectivity index (χ1) is 12.6. The van der Waals surface area contributed by atoms with Crippen LogP contribution >= 0.6 is 0 Å². The molecule has 0 aromatic carbocycles. The molecule has 1 saturated heterocycles. The van der Waals surface area contributed by atoms with Gasteiger partial charge in [-0.1, -0.05) is 0 Å². The zero-order valence-electron chi connectivity index (χ0n) is 14.8. The standard InChI is InChI=1S/C18H20N6O2/c1-12-14(24-9-4-6-20-18(24)21-12)17(26)23-8-3-5-13(11-23)15(25)16-19-7-10-22(16)2/h4,6-7,9-10,13H,3,5,8,11H2,1-2H3/t13-/m0/s1. The van der Waals surface area contributed by atoms with Gasteiger partial charge >= 0.3 is 0 Å². The van der Waals surface area contributed by atoms with Crippen LogP contribution in [0.25, 0.3) is 5.78 Å². The number of hydrogen-bond donors (Lipinski definition) is 0. The van der Waals surface area contributed by atoms with Crippen LogP contribution in [0.15, 0.2) is 30.9 Å². The Morgan fingerprint density at radius 1 is 1.19 bits per heavy atom. The van der Waals surface area contributed by atoms with Crippen molar-refractivity contribution in [3.63, 3.8) is 0 Å². The van der Waals surface area contributed by atoms with Crippen molar-refractivity contribution in [1.82, 2.24) is 28.8 Å². The van der Waals surface area contributed by atoms with Crippen molar-refractivity contribution in [2.45, 2.75) is 19.8 Å². The fourth-order valence-electron chi connectivity index (χ4n) is 3.57. The molecule has 0 unspecified atom stereocenters. The molecule has 0 spiro atoms. The van der Waals surface area contributed by atoms with Crippen molar-refractivity contribution >= 4 is 17.5 Å².